The zero-order chi connectivity index (χ0) is 22.8. The number of hydrogen-bond donors (Lipinski definition) is 2. The van der Waals surface area contributed by atoms with E-state index in [1.165, 1.54) is 5.56 Å². The van der Waals surface area contributed by atoms with Crippen LogP contribution in [-0.4, -0.2) is 55.0 Å². The van der Waals surface area contributed by atoms with E-state index in [-0.39, 0.29) is 11.9 Å². The maximum absolute atomic E-state index is 12.4. The first-order valence-corrected chi connectivity index (χ1v) is 11.7. The molecule has 0 radical (unpaired) electrons. The quantitative estimate of drug-likeness (QED) is 0.541. The number of likely N-dealkylation sites (tertiary alicyclic amines) is 1. The van der Waals surface area contributed by atoms with E-state index in [0.29, 0.717) is 42.7 Å². The highest BCUT2D eigenvalue weighted by molar-refractivity contribution is 6.30. The van der Waals surface area contributed by atoms with Crippen LogP contribution >= 0.6 is 11.6 Å². The summed E-state index contributed by atoms with van der Waals surface area (Å²) in [6.45, 7) is 3.87. The Kier molecular flexibility index (Phi) is 9.38. The number of benzene rings is 2. The van der Waals surface area contributed by atoms with Gasteiger partial charge in [0.15, 0.2) is 0 Å². The lowest BCUT2D eigenvalue weighted by molar-refractivity contribution is -0.122. The number of carbonyl (C=O) groups is 2. The van der Waals surface area contributed by atoms with Crippen LogP contribution < -0.4 is 10.6 Å². The van der Waals surface area contributed by atoms with Crippen LogP contribution in [-0.2, 0) is 11.3 Å². The van der Waals surface area contributed by atoms with Gasteiger partial charge >= 0.3 is 6.03 Å². The molecule has 0 unspecified atom stereocenters. The number of urea groups is 1. The van der Waals surface area contributed by atoms with Crippen molar-refractivity contribution in [3.63, 3.8) is 0 Å². The Morgan fingerprint density at radius 2 is 1.84 bits per heavy atom. The molecule has 0 saturated carbocycles. The lowest BCUT2D eigenvalue weighted by atomic mass is 9.93. The summed E-state index contributed by atoms with van der Waals surface area (Å²) in [6.07, 6.45) is 3.15. The SMILES string of the molecule is CN(CCCNC(=O)CC1CCN(C(=O)Nc2cccc(Cl)c2)CC1)Cc1ccccc1. The number of hydrogen-bond acceptors (Lipinski definition) is 3. The summed E-state index contributed by atoms with van der Waals surface area (Å²) in [6, 6.07) is 17.4. The molecule has 1 heterocycles. The second-order valence-corrected chi connectivity index (χ2v) is 8.94. The zero-order valence-electron chi connectivity index (χ0n) is 18.7. The van der Waals surface area contributed by atoms with E-state index in [1.807, 2.05) is 18.2 Å². The molecule has 0 spiro atoms. The number of anilines is 1. The minimum Gasteiger partial charge on any atom is -0.356 e. The van der Waals surface area contributed by atoms with Crippen molar-refractivity contribution in [2.24, 2.45) is 5.92 Å². The monoisotopic (exact) mass is 456 g/mol. The van der Waals surface area contributed by atoms with E-state index >= 15 is 0 Å². The highest BCUT2D eigenvalue weighted by Crippen LogP contribution is 2.22. The van der Waals surface area contributed by atoms with Crippen molar-refractivity contribution < 1.29 is 9.59 Å². The summed E-state index contributed by atoms with van der Waals surface area (Å²) >= 11 is 5.97. The first-order chi connectivity index (χ1) is 15.5. The van der Waals surface area contributed by atoms with Gasteiger partial charge in [0, 0.05) is 43.3 Å². The number of rotatable bonds is 9. The average Bonchev–Trinajstić information content (AvgIpc) is 2.78. The fourth-order valence-corrected chi connectivity index (χ4v) is 4.18. The molecule has 3 amide bonds. The Morgan fingerprint density at radius 3 is 2.56 bits per heavy atom. The van der Waals surface area contributed by atoms with E-state index in [9.17, 15) is 9.59 Å². The van der Waals surface area contributed by atoms with Crippen LogP contribution in [0.25, 0.3) is 0 Å². The van der Waals surface area contributed by atoms with E-state index in [1.54, 1.807) is 17.0 Å². The predicted molar refractivity (Wildman–Crippen MR) is 130 cm³/mol. The minimum absolute atomic E-state index is 0.109. The maximum Gasteiger partial charge on any atom is 0.321 e. The molecule has 3 rings (SSSR count). The fraction of sp³-hybridized carbons (Fsp3) is 0.440. The molecule has 7 heteroatoms. The summed E-state index contributed by atoms with van der Waals surface area (Å²) in [5.74, 6) is 0.434. The van der Waals surface area contributed by atoms with Gasteiger partial charge in [-0.1, -0.05) is 48.0 Å². The van der Waals surface area contributed by atoms with Crippen molar-refractivity contribution in [2.45, 2.75) is 32.2 Å². The second kappa shape index (κ2) is 12.5. The van der Waals surface area contributed by atoms with Gasteiger partial charge in [-0.25, -0.2) is 4.79 Å². The Labute approximate surface area is 195 Å². The topological polar surface area (TPSA) is 64.7 Å². The van der Waals surface area contributed by atoms with Crippen LogP contribution in [0.15, 0.2) is 54.6 Å². The molecule has 1 aliphatic rings. The van der Waals surface area contributed by atoms with Crippen molar-refractivity contribution in [3.8, 4) is 0 Å². The van der Waals surface area contributed by atoms with Crippen LogP contribution in [0.1, 0.15) is 31.2 Å². The molecule has 0 aromatic heterocycles. The van der Waals surface area contributed by atoms with Gasteiger partial charge in [0.05, 0.1) is 0 Å². The molecule has 2 aromatic rings. The number of carbonyl (C=O) groups excluding carboxylic acids is 2. The Hall–Kier alpha value is -2.57. The average molecular weight is 457 g/mol. The lowest BCUT2D eigenvalue weighted by Gasteiger charge is -2.31. The highest BCUT2D eigenvalue weighted by atomic mass is 35.5. The molecule has 1 fully saturated rings. The van der Waals surface area contributed by atoms with E-state index in [2.05, 4.69) is 46.8 Å². The molecule has 1 saturated heterocycles. The molecule has 2 aromatic carbocycles. The van der Waals surface area contributed by atoms with Crippen molar-refractivity contribution in [1.29, 1.82) is 0 Å². The third-order valence-electron chi connectivity index (χ3n) is 5.79. The summed E-state index contributed by atoms with van der Waals surface area (Å²) in [5.41, 5.74) is 1.99. The van der Waals surface area contributed by atoms with Gasteiger partial charge in [0.25, 0.3) is 0 Å². The standard InChI is InChI=1S/C25H33ClN4O2/c1-29(19-21-7-3-2-4-8-21)14-6-13-27-24(31)17-20-11-15-30(16-12-20)25(32)28-23-10-5-9-22(26)18-23/h2-5,7-10,18,20H,6,11-17,19H2,1H3,(H,27,31)(H,28,32). The molecular formula is C25H33ClN4O2. The molecular weight excluding hydrogens is 424 g/mol. The zero-order valence-corrected chi connectivity index (χ0v) is 19.5. The molecule has 2 N–H and O–H groups in total. The largest absolute Gasteiger partial charge is 0.356 e. The van der Waals surface area contributed by atoms with Gasteiger partial charge in [-0.2, -0.15) is 0 Å². The third-order valence-corrected chi connectivity index (χ3v) is 6.02. The number of nitrogens with one attached hydrogen (secondary N) is 2. The van der Waals surface area contributed by atoms with Crippen molar-refractivity contribution in [2.75, 3.05) is 38.5 Å². The second-order valence-electron chi connectivity index (χ2n) is 8.50. The summed E-state index contributed by atoms with van der Waals surface area (Å²) in [5, 5.41) is 6.53. The van der Waals surface area contributed by atoms with Crippen molar-refractivity contribution in [3.05, 3.63) is 65.2 Å². The number of nitrogens with zero attached hydrogens (tertiary/aromatic N) is 2. The smallest absolute Gasteiger partial charge is 0.321 e. The molecule has 0 atom stereocenters. The van der Waals surface area contributed by atoms with Gasteiger partial charge in [0.1, 0.15) is 0 Å². The van der Waals surface area contributed by atoms with Crippen molar-refractivity contribution in [1.82, 2.24) is 15.1 Å². The van der Waals surface area contributed by atoms with Crippen molar-refractivity contribution >= 4 is 29.2 Å². The first kappa shape index (κ1) is 24.1. The minimum atomic E-state index is -0.116. The van der Waals surface area contributed by atoms with Crippen LogP contribution in [0.3, 0.4) is 0 Å². The van der Waals surface area contributed by atoms with E-state index in [4.69, 9.17) is 11.6 Å². The Bertz CT molecular complexity index is 869. The molecule has 0 bridgehead atoms. The summed E-state index contributed by atoms with van der Waals surface area (Å²) in [4.78, 5) is 28.8. The van der Waals surface area contributed by atoms with Crippen LogP contribution in [0.4, 0.5) is 10.5 Å². The van der Waals surface area contributed by atoms with Crippen LogP contribution in [0, 0.1) is 5.92 Å². The van der Waals surface area contributed by atoms with Gasteiger partial charge < -0.3 is 20.4 Å². The van der Waals surface area contributed by atoms with Gasteiger partial charge in [-0.05, 0) is 62.5 Å². The molecule has 1 aliphatic heterocycles. The van der Waals surface area contributed by atoms with Crippen LogP contribution in [0.5, 0.6) is 0 Å². The van der Waals surface area contributed by atoms with Gasteiger partial charge in [-0.15, -0.1) is 0 Å². The number of piperidine rings is 1. The molecule has 32 heavy (non-hydrogen) atoms. The Balaban J connectivity index is 1.27. The predicted octanol–water partition coefficient (Wildman–Crippen LogP) is 4.61. The Morgan fingerprint density at radius 1 is 1.09 bits per heavy atom. The first-order valence-electron chi connectivity index (χ1n) is 11.3. The summed E-state index contributed by atoms with van der Waals surface area (Å²) in [7, 11) is 2.10. The highest BCUT2D eigenvalue weighted by Gasteiger charge is 2.24. The van der Waals surface area contributed by atoms with Crippen LogP contribution in [0.2, 0.25) is 5.02 Å². The van der Waals surface area contributed by atoms with Gasteiger partial charge in [-0.3, -0.25) is 4.79 Å². The third kappa shape index (κ3) is 8.17. The fourth-order valence-electron chi connectivity index (χ4n) is 3.99. The van der Waals surface area contributed by atoms with Gasteiger partial charge in [0.2, 0.25) is 5.91 Å². The number of halogens is 1. The van der Waals surface area contributed by atoms with E-state index in [0.717, 1.165) is 32.4 Å². The number of amides is 3. The molecule has 0 aliphatic carbocycles. The summed E-state index contributed by atoms with van der Waals surface area (Å²) < 4.78 is 0. The van der Waals surface area contributed by atoms with E-state index < -0.39 is 0 Å². The molecule has 6 nitrogen and oxygen atoms in total. The normalized spacial score (nSPS) is 14.4. The maximum atomic E-state index is 12.4. The lowest BCUT2D eigenvalue weighted by Crippen LogP contribution is -2.42. The molecule has 172 valence electrons.